The molecule has 8 heteroatoms. The second-order valence-electron chi connectivity index (χ2n) is 6.32. The van der Waals surface area contributed by atoms with E-state index in [-0.39, 0.29) is 52.3 Å². The molecule has 0 atom stereocenters. The minimum Gasteiger partial charge on any atom is -0.508 e. The Bertz CT molecular complexity index is 1160. The van der Waals surface area contributed by atoms with Gasteiger partial charge in [0, 0.05) is 12.1 Å². The number of anilines is 1. The van der Waals surface area contributed by atoms with E-state index in [0.29, 0.717) is 5.56 Å². The van der Waals surface area contributed by atoms with Crippen molar-refractivity contribution in [2.45, 2.75) is 20.3 Å². The molecule has 1 amide bonds. The molecule has 0 aliphatic heterocycles. The summed E-state index contributed by atoms with van der Waals surface area (Å²) in [5, 5.41) is 22.5. The van der Waals surface area contributed by atoms with Crippen molar-refractivity contribution in [2.24, 2.45) is 0 Å². The van der Waals surface area contributed by atoms with Crippen LogP contribution in [0.4, 0.5) is 5.69 Å². The Kier molecular flexibility index (Phi) is 5.54. The largest absolute Gasteiger partial charge is 0.508 e. The summed E-state index contributed by atoms with van der Waals surface area (Å²) in [6.45, 7) is 3.44. The molecule has 8 nitrogen and oxygen atoms in total. The number of para-hydroxylation sites is 1. The molecule has 3 rings (SSSR count). The summed E-state index contributed by atoms with van der Waals surface area (Å²) in [7, 11) is 0. The van der Waals surface area contributed by atoms with Gasteiger partial charge in [0.25, 0.3) is 0 Å². The van der Waals surface area contributed by atoms with Crippen LogP contribution in [0, 0.1) is 6.92 Å². The minimum atomic E-state index is -0.756. The third-order valence-electron chi connectivity index (χ3n) is 4.38. The summed E-state index contributed by atoms with van der Waals surface area (Å²) in [6.07, 6.45) is -0.332. The van der Waals surface area contributed by atoms with Gasteiger partial charge in [-0.25, -0.2) is 9.59 Å². The van der Waals surface area contributed by atoms with Gasteiger partial charge in [0.1, 0.15) is 17.1 Å². The zero-order valence-electron chi connectivity index (χ0n) is 15.8. The Morgan fingerprint density at radius 2 is 1.90 bits per heavy atom. The van der Waals surface area contributed by atoms with Gasteiger partial charge in [0.15, 0.2) is 0 Å². The normalized spacial score (nSPS) is 10.7. The molecule has 3 aromatic rings. The summed E-state index contributed by atoms with van der Waals surface area (Å²) < 4.78 is 10.1. The number of nitrogens with one attached hydrogen (secondary N) is 1. The van der Waals surface area contributed by atoms with Crippen LogP contribution < -0.4 is 10.9 Å². The van der Waals surface area contributed by atoms with E-state index in [2.05, 4.69) is 5.32 Å². The molecule has 29 heavy (non-hydrogen) atoms. The zero-order chi connectivity index (χ0) is 21.1. The molecule has 0 aliphatic rings. The highest BCUT2D eigenvalue weighted by atomic mass is 16.5. The lowest BCUT2D eigenvalue weighted by molar-refractivity contribution is -0.115. The highest BCUT2D eigenvalue weighted by Gasteiger charge is 2.19. The Morgan fingerprint density at radius 1 is 1.17 bits per heavy atom. The molecule has 0 unspecified atom stereocenters. The van der Waals surface area contributed by atoms with Crippen molar-refractivity contribution in [3.05, 3.63) is 63.5 Å². The molecule has 1 heterocycles. The fourth-order valence-electron chi connectivity index (χ4n) is 3.05. The third kappa shape index (κ3) is 4.06. The molecule has 0 radical (unpaired) electrons. The Morgan fingerprint density at radius 3 is 2.62 bits per heavy atom. The molecule has 0 saturated heterocycles. The molecule has 0 aliphatic carbocycles. The standard InChI is InChI=1S/C21H19NO7/c1-3-28-20(26)13-6-4-5-7-15(13)22-18(25)10-14-11(2)19-16(24)8-12(23)9-17(19)29-21(14)27/h4-9,23-24H,3,10H2,1-2H3,(H,22,25). The number of ether oxygens (including phenoxy) is 1. The maximum Gasteiger partial charge on any atom is 0.340 e. The van der Waals surface area contributed by atoms with E-state index in [9.17, 15) is 24.6 Å². The van der Waals surface area contributed by atoms with Gasteiger partial charge in [0.05, 0.1) is 35.2 Å². The van der Waals surface area contributed by atoms with Gasteiger partial charge in [-0.3, -0.25) is 4.79 Å². The fraction of sp³-hybridized carbons (Fsp3) is 0.190. The number of aromatic hydroxyl groups is 2. The van der Waals surface area contributed by atoms with Crippen LogP contribution in [0.5, 0.6) is 11.5 Å². The number of amides is 1. The van der Waals surface area contributed by atoms with Crippen LogP contribution in [0.2, 0.25) is 0 Å². The van der Waals surface area contributed by atoms with E-state index >= 15 is 0 Å². The van der Waals surface area contributed by atoms with E-state index < -0.39 is 17.5 Å². The summed E-state index contributed by atoms with van der Waals surface area (Å²) in [5.74, 6) is -1.64. The number of phenolic OH excluding ortho intramolecular Hbond substituents is 2. The third-order valence-corrected chi connectivity index (χ3v) is 4.38. The molecule has 0 bridgehead atoms. The van der Waals surface area contributed by atoms with Crippen molar-refractivity contribution in [1.82, 2.24) is 0 Å². The summed E-state index contributed by atoms with van der Waals surface area (Å²) in [6, 6.07) is 8.70. The molecule has 2 aromatic carbocycles. The lowest BCUT2D eigenvalue weighted by Crippen LogP contribution is -2.22. The van der Waals surface area contributed by atoms with Crippen LogP contribution in [0.25, 0.3) is 11.0 Å². The average Bonchev–Trinajstić information content (AvgIpc) is 2.65. The molecule has 0 fully saturated rings. The number of hydrogen-bond donors (Lipinski definition) is 3. The SMILES string of the molecule is CCOC(=O)c1ccccc1NC(=O)Cc1c(C)c2c(O)cc(O)cc2oc1=O. The average molecular weight is 397 g/mol. The first-order valence-electron chi connectivity index (χ1n) is 8.86. The Labute approximate surface area is 165 Å². The number of esters is 1. The lowest BCUT2D eigenvalue weighted by atomic mass is 10.0. The van der Waals surface area contributed by atoms with E-state index in [1.165, 1.54) is 12.1 Å². The first kappa shape index (κ1) is 19.9. The van der Waals surface area contributed by atoms with Gasteiger partial charge in [-0.05, 0) is 31.5 Å². The van der Waals surface area contributed by atoms with Gasteiger partial charge >= 0.3 is 11.6 Å². The summed E-state index contributed by atoms with van der Waals surface area (Å²) >= 11 is 0. The summed E-state index contributed by atoms with van der Waals surface area (Å²) in [5.41, 5.74) is 0.132. The summed E-state index contributed by atoms with van der Waals surface area (Å²) in [4.78, 5) is 36.9. The number of carbonyl (C=O) groups excluding carboxylic acids is 2. The number of phenols is 2. The number of fused-ring (bicyclic) bond motifs is 1. The second-order valence-corrected chi connectivity index (χ2v) is 6.32. The van der Waals surface area contributed by atoms with Crippen molar-refractivity contribution < 1.29 is 29.0 Å². The molecule has 0 saturated carbocycles. The van der Waals surface area contributed by atoms with Gasteiger partial charge in [-0.1, -0.05) is 12.1 Å². The van der Waals surface area contributed by atoms with Crippen LogP contribution >= 0.6 is 0 Å². The smallest absolute Gasteiger partial charge is 0.340 e. The quantitative estimate of drug-likeness (QED) is 0.446. The number of hydrogen-bond acceptors (Lipinski definition) is 7. The predicted molar refractivity (Wildman–Crippen MR) is 105 cm³/mol. The number of rotatable bonds is 5. The maximum atomic E-state index is 12.5. The van der Waals surface area contributed by atoms with Crippen molar-refractivity contribution in [3.8, 4) is 11.5 Å². The first-order chi connectivity index (χ1) is 13.8. The van der Waals surface area contributed by atoms with Gasteiger partial charge in [-0.15, -0.1) is 0 Å². The van der Waals surface area contributed by atoms with E-state index in [1.807, 2.05) is 0 Å². The molecule has 150 valence electrons. The van der Waals surface area contributed by atoms with Crippen LogP contribution in [-0.2, 0) is 16.0 Å². The molecule has 1 aromatic heterocycles. The predicted octanol–water partition coefficient (Wildman–Crippen LogP) is 2.87. The maximum absolute atomic E-state index is 12.5. The Balaban J connectivity index is 1.92. The molecular weight excluding hydrogens is 378 g/mol. The highest BCUT2D eigenvalue weighted by Crippen LogP contribution is 2.32. The number of carbonyl (C=O) groups is 2. The second kappa shape index (κ2) is 8.05. The zero-order valence-corrected chi connectivity index (χ0v) is 15.8. The lowest BCUT2D eigenvalue weighted by Gasteiger charge is -2.12. The van der Waals surface area contributed by atoms with Crippen molar-refractivity contribution >= 4 is 28.5 Å². The van der Waals surface area contributed by atoms with E-state index in [0.717, 1.165) is 6.07 Å². The van der Waals surface area contributed by atoms with Crippen LogP contribution in [-0.4, -0.2) is 28.7 Å². The van der Waals surface area contributed by atoms with Crippen molar-refractivity contribution in [2.75, 3.05) is 11.9 Å². The fourth-order valence-corrected chi connectivity index (χ4v) is 3.05. The monoisotopic (exact) mass is 397 g/mol. The van der Waals surface area contributed by atoms with Crippen LogP contribution in [0.1, 0.15) is 28.4 Å². The number of aryl methyl sites for hydroxylation is 1. The van der Waals surface area contributed by atoms with Crippen LogP contribution in [0.15, 0.2) is 45.6 Å². The van der Waals surface area contributed by atoms with Gasteiger partial charge < -0.3 is 24.7 Å². The van der Waals surface area contributed by atoms with E-state index in [4.69, 9.17) is 9.15 Å². The van der Waals surface area contributed by atoms with Crippen LogP contribution in [0.3, 0.4) is 0 Å². The van der Waals surface area contributed by atoms with E-state index in [1.54, 1.807) is 32.0 Å². The van der Waals surface area contributed by atoms with Gasteiger partial charge in [0.2, 0.25) is 5.91 Å². The number of benzene rings is 2. The molecule has 3 N–H and O–H groups in total. The minimum absolute atomic E-state index is 0.0156. The topological polar surface area (TPSA) is 126 Å². The van der Waals surface area contributed by atoms with Crippen molar-refractivity contribution in [1.29, 1.82) is 0 Å². The first-order valence-corrected chi connectivity index (χ1v) is 8.86. The molecule has 0 spiro atoms. The van der Waals surface area contributed by atoms with Crippen molar-refractivity contribution in [3.63, 3.8) is 0 Å². The molecular formula is C21H19NO7. The van der Waals surface area contributed by atoms with Gasteiger partial charge in [-0.2, -0.15) is 0 Å². The Hall–Kier alpha value is -3.81. The highest BCUT2D eigenvalue weighted by molar-refractivity contribution is 6.02.